The summed E-state index contributed by atoms with van der Waals surface area (Å²) in [6, 6.07) is 0. The third-order valence-electron chi connectivity index (χ3n) is 1.62. The molecule has 0 amide bonds. The van der Waals surface area contributed by atoms with Crippen LogP contribution in [0.3, 0.4) is 0 Å². The molecular formula is C8H14O4. The molecule has 1 heterocycles. The number of allylic oxidation sites excluding steroid dienone is 1. The van der Waals surface area contributed by atoms with Gasteiger partial charge < -0.3 is 4.89 Å². The summed E-state index contributed by atoms with van der Waals surface area (Å²) in [7, 11) is 0. The van der Waals surface area contributed by atoms with Gasteiger partial charge in [0.25, 0.3) is 0 Å². The van der Waals surface area contributed by atoms with Crippen molar-refractivity contribution in [3.8, 4) is 0 Å². The van der Waals surface area contributed by atoms with Gasteiger partial charge in [0.05, 0.1) is 6.61 Å². The van der Waals surface area contributed by atoms with Crippen molar-refractivity contribution in [2.75, 3.05) is 6.61 Å². The maximum atomic E-state index is 4.63. The van der Waals surface area contributed by atoms with Crippen molar-refractivity contribution >= 4 is 0 Å². The van der Waals surface area contributed by atoms with Crippen LogP contribution in [0.4, 0.5) is 0 Å². The largest absolute Gasteiger partial charge is 0.314 e. The van der Waals surface area contributed by atoms with Gasteiger partial charge in [-0.05, 0) is 30.4 Å². The van der Waals surface area contributed by atoms with Gasteiger partial charge in [0.15, 0.2) is 0 Å². The molecule has 0 atom stereocenters. The molecule has 0 aliphatic carbocycles. The Hall–Kier alpha value is -0.580. The van der Waals surface area contributed by atoms with E-state index in [4.69, 9.17) is 0 Å². The van der Waals surface area contributed by atoms with E-state index in [1.165, 1.54) is 19.1 Å². The summed E-state index contributed by atoms with van der Waals surface area (Å²) in [5.74, 6) is 0. The summed E-state index contributed by atoms with van der Waals surface area (Å²) in [6.45, 7) is 0.549. The maximum absolute atomic E-state index is 4.63. The highest BCUT2D eigenvalue weighted by Crippen LogP contribution is 2.05. The minimum atomic E-state index is 0.549. The van der Waals surface area contributed by atoms with Gasteiger partial charge in [-0.25, -0.2) is 4.89 Å². The first-order valence-corrected chi connectivity index (χ1v) is 4.27. The summed E-state index contributed by atoms with van der Waals surface area (Å²) in [6.07, 6.45) is 8.92. The second-order valence-electron chi connectivity index (χ2n) is 2.63. The van der Waals surface area contributed by atoms with E-state index in [1.807, 2.05) is 6.08 Å². The summed E-state index contributed by atoms with van der Waals surface area (Å²) < 4.78 is 0. The summed E-state index contributed by atoms with van der Waals surface area (Å²) in [5.41, 5.74) is 0. The van der Waals surface area contributed by atoms with Crippen molar-refractivity contribution in [3.63, 3.8) is 0 Å². The van der Waals surface area contributed by atoms with Gasteiger partial charge in [0.2, 0.25) is 0 Å². The first-order valence-electron chi connectivity index (χ1n) is 4.27. The van der Waals surface area contributed by atoms with E-state index in [9.17, 15) is 0 Å². The first-order chi connectivity index (χ1) is 6.00. The lowest BCUT2D eigenvalue weighted by Gasteiger charge is -2.02. The fourth-order valence-electron chi connectivity index (χ4n) is 0.976. The molecule has 1 rings (SSSR count). The maximum Gasteiger partial charge on any atom is 0.129 e. The highest BCUT2D eigenvalue weighted by atomic mass is 17.7. The summed E-state index contributed by atoms with van der Waals surface area (Å²) >= 11 is 0. The van der Waals surface area contributed by atoms with Gasteiger partial charge in [-0.1, -0.05) is 12.8 Å². The highest BCUT2D eigenvalue weighted by Gasteiger charge is 1.93. The smallest absolute Gasteiger partial charge is 0.129 e. The lowest BCUT2D eigenvalue weighted by molar-refractivity contribution is -0.621. The van der Waals surface area contributed by atoms with Crippen LogP contribution in [0.15, 0.2) is 12.3 Å². The number of rotatable bonds is 0. The Balaban J connectivity index is 2.10. The van der Waals surface area contributed by atoms with E-state index >= 15 is 0 Å². The number of hydrogen-bond donors (Lipinski definition) is 0. The third-order valence-corrected chi connectivity index (χ3v) is 1.62. The fraction of sp³-hybridized carbons (Fsp3) is 0.750. The van der Waals surface area contributed by atoms with Crippen molar-refractivity contribution in [2.45, 2.75) is 32.1 Å². The van der Waals surface area contributed by atoms with Crippen LogP contribution in [-0.2, 0) is 19.9 Å². The monoisotopic (exact) mass is 174 g/mol. The Morgan fingerprint density at radius 3 is 2.83 bits per heavy atom. The van der Waals surface area contributed by atoms with Crippen molar-refractivity contribution in [3.05, 3.63) is 12.3 Å². The zero-order valence-corrected chi connectivity index (χ0v) is 7.03. The van der Waals surface area contributed by atoms with Gasteiger partial charge >= 0.3 is 0 Å². The van der Waals surface area contributed by atoms with Crippen LogP contribution in [0.2, 0.25) is 0 Å². The Kier molecular flexibility index (Phi) is 5.62. The SMILES string of the molecule is C1=C\OOOOCCCCCC/1. The van der Waals surface area contributed by atoms with Crippen LogP contribution in [0.5, 0.6) is 0 Å². The van der Waals surface area contributed by atoms with Crippen molar-refractivity contribution < 1.29 is 19.9 Å². The molecule has 0 saturated carbocycles. The van der Waals surface area contributed by atoms with E-state index in [0.29, 0.717) is 6.61 Å². The average molecular weight is 174 g/mol. The molecule has 0 aromatic rings. The normalized spacial score (nSPS) is 24.7. The molecule has 0 spiro atoms. The predicted octanol–water partition coefficient (Wildman–Crippen LogP) is 2.28. The average Bonchev–Trinajstić information content (AvgIpc) is 2.05. The molecule has 0 saturated heterocycles. The molecular weight excluding hydrogens is 160 g/mol. The van der Waals surface area contributed by atoms with Crippen molar-refractivity contribution in [1.82, 2.24) is 0 Å². The molecule has 0 fully saturated rings. The van der Waals surface area contributed by atoms with Gasteiger partial charge in [-0.15, -0.1) is 0 Å². The first kappa shape index (κ1) is 9.51. The van der Waals surface area contributed by atoms with Crippen LogP contribution in [0.25, 0.3) is 0 Å². The van der Waals surface area contributed by atoms with Crippen LogP contribution in [-0.4, -0.2) is 6.61 Å². The standard InChI is InChI=1S/C8H14O4/c1-2-4-6-8-10-12-11-9-7-5-3-1/h5,7H,1-4,6,8H2/b7-5-. The van der Waals surface area contributed by atoms with Crippen LogP contribution in [0, 0.1) is 0 Å². The molecule has 1 aliphatic rings. The van der Waals surface area contributed by atoms with Gasteiger partial charge in [0, 0.05) is 5.04 Å². The Bertz CT molecular complexity index is 110. The summed E-state index contributed by atoms with van der Waals surface area (Å²) in [4.78, 5) is 9.10. The van der Waals surface area contributed by atoms with Crippen molar-refractivity contribution in [1.29, 1.82) is 0 Å². The molecule has 12 heavy (non-hydrogen) atoms. The van der Waals surface area contributed by atoms with Crippen LogP contribution in [0.1, 0.15) is 32.1 Å². The molecule has 0 N–H and O–H groups in total. The minimum Gasteiger partial charge on any atom is -0.314 e. The summed E-state index contributed by atoms with van der Waals surface area (Å²) in [5, 5.41) is 8.43. The molecule has 0 aromatic heterocycles. The van der Waals surface area contributed by atoms with E-state index in [0.717, 1.165) is 19.3 Å². The zero-order chi connectivity index (χ0) is 8.49. The van der Waals surface area contributed by atoms with Crippen molar-refractivity contribution in [2.24, 2.45) is 0 Å². The highest BCUT2D eigenvalue weighted by molar-refractivity contribution is 4.71. The van der Waals surface area contributed by atoms with E-state index < -0.39 is 0 Å². The molecule has 1 aliphatic heterocycles. The molecule has 4 heteroatoms. The van der Waals surface area contributed by atoms with Gasteiger partial charge in [-0.2, -0.15) is 0 Å². The quantitative estimate of drug-likeness (QED) is 0.528. The minimum absolute atomic E-state index is 0.549. The van der Waals surface area contributed by atoms with Gasteiger partial charge in [0.1, 0.15) is 6.26 Å². The van der Waals surface area contributed by atoms with E-state index in [1.54, 1.807) is 0 Å². The molecule has 70 valence electrons. The molecule has 4 nitrogen and oxygen atoms in total. The van der Waals surface area contributed by atoms with Gasteiger partial charge in [-0.3, -0.25) is 0 Å². The zero-order valence-electron chi connectivity index (χ0n) is 7.03. The number of hydrogen-bond acceptors (Lipinski definition) is 4. The predicted molar refractivity (Wildman–Crippen MR) is 41.4 cm³/mol. The lowest BCUT2D eigenvalue weighted by atomic mass is 10.1. The third kappa shape index (κ3) is 5.12. The van der Waals surface area contributed by atoms with Crippen LogP contribution < -0.4 is 0 Å². The molecule has 0 aromatic carbocycles. The van der Waals surface area contributed by atoms with E-state index in [-0.39, 0.29) is 0 Å². The Morgan fingerprint density at radius 1 is 0.917 bits per heavy atom. The topological polar surface area (TPSA) is 36.9 Å². The molecule has 0 radical (unpaired) electrons. The second kappa shape index (κ2) is 7.09. The fourth-order valence-corrected chi connectivity index (χ4v) is 0.976. The van der Waals surface area contributed by atoms with E-state index in [2.05, 4.69) is 19.9 Å². The Morgan fingerprint density at radius 2 is 1.83 bits per heavy atom. The lowest BCUT2D eigenvalue weighted by Crippen LogP contribution is -1.98. The molecule has 0 unspecified atom stereocenters. The molecule has 0 bridgehead atoms. The second-order valence-corrected chi connectivity index (χ2v) is 2.63. The Labute approximate surface area is 71.8 Å². The van der Waals surface area contributed by atoms with Crippen LogP contribution >= 0.6 is 0 Å².